The largest absolute Gasteiger partial charge is 0.369 e. The summed E-state index contributed by atoms with van der Waals surface area (Å²) in [5, 5.41) is 3.23. The number of hydrogen-bond acceptors (Lipinski definition) is 5. The first-order valence-corrected chi connectivity index (χ1v) is 5.28. The molecule has 1 aliphatic carbocycles. The molecule has 1 fully saturated rings. The Kier molecular flexibility index (Phi) is 3.01. The summed E-state index contributed by atoms with van der Waals surface area (Å²) in [5.41, 5.74) is 5.48. The first-order chi connectivity index (χ1) is 7.25. The van der Waals surface area contributed by atoms with Crippen LogP contribution in [0.3, 0.4) is 0 Å². The average Bonchev–Trinajstić information content (AvgIpc) is 3.00. The molecule has 1 aromatic heterocycles. The molecule has 0 spiro atoms. The number of anilines is 2. The van der Waals surface area contributed by atoms with Crippen molar-refractivity contribution < 1.29 is 0 Å². The molecule has 5 heteroatoms. The predicted octanol–water partition coefficient (Wildman–Crippen LogP) is 0.565. The number of likely N-dealkylation sites (N-methyl/N-ethyl adjacent to an activating group) is 1. The zero-order valence-corrected chi connectivity index (χ0v) is 8.98. The Balaban J connectivity index is 1.73. The second kappa shape index (κ2) is 4.44. The molecular weight excluding hydrogens is 190 g/mol. The van der Waals surface area contributed by atoms with Crippen LogP contribution in [0, 0.1) is 0 Å². The quantitative estimate of drug-likeness (QED) is 0.738. The highest BCUT2D eigenvalue weighted by Gasteiger charge is 2.25. The lowest BCUT2D eigenvalue weighted by atomic mass is 10.5. The molecule has 0 bridgehead atoms. The van der Waals surface area contributed by atoms with E-state index in [1.807, 2.05) is 6.07 Å². The van der Waals surface area contributed by atoms with Crippen LogP contribution in [-0.4, -0.2) is 41.0 Å². The van der Waals surface area contributed by atoms with E-state index in [0.717, 1.165) is 24.9 Å². The number of nitrogens with one attached hydrogen (secondary N) is 1. The topological polar surface area (TPSA) is 67.1 Å². The molecule has 2 rings (SSSR count). The van der Waals surface area contributed by atoms with Crippen LogP contribution in [0.1, 0.15) is 12.8 Å². The number of nitrogen functional groups attached to an aromatic ring is 1. The van der Waals surface area contributed by atoms with Crippen molar-refractivity contribution in [2.75, 3.05) is 31.2 Å². The van der Waals surface area contributed by atoms with Gasteiger partial charge in [0.15, 0.2) is 0 Å². The molecule has 0 saturated heterocycles. The first-order valence-electron chi connectivity index (χ1n) is 5.28. The zero-order chi connectivity index (χ0) is 10.7. The Morgan fingerprint density at radius 1 is 1.60 bits per heavy atom. The molecule has 3 N–H and O–H groups in total. The Bertz CT molecular complexity index is 323. The van der Waals surface area contributed by atoms with Gasteiger partial charge >= 0.3 is 0 Å². The molecule has 0 amide bonds. The second-order valence-electron chi connectivity index (χ2n) is 3.94. The van der Waals surface area contributed by atoms with E-state index in [4.69, 9.17) is 5.73 Å². The van der Waals surface area contributed by atoms with E-state index in [1.165, 1.54) is 12.8 Å². The maximum absolute atomic E-state index is 5.48. The number of rotatable bonds is 5. The molecule has 5 nitrogen and oxygen atoms in total. The van der Waals surface area contributed by atoms with Crippen molar-refractivity contribution in [1.29, 1.82) is 0 Å². The lowest BCUT2D eigenvalue weighted by molar-refractivity contribution is 0.337. The molecule has 1 aromatic rings. The molecule has 0 aliphatic heterocycles. The van der Waals surface area contributed by atoms with E-state index < -0.39 is 0 Å². The predicted molar refractivity (Wildman–Crippen MR) is 60.6 cm³/mol. The number of nitrogens with two attached hydrogens (primary N) is 1. The highest BCUT2D eigenvalue weighted by atomic mass is 15.2. The summed E-state index contributed by atoms with van der Waals surface area (Å²) in [6.45, 7) is 1.93. The molecule has 1 aliphatic rings. The van der Waals surface area contributed by atoms with Gasteiger partial charge in [0.1, 0.15) is 5.82 Å². The summed E-state index contributed by atoms with van der Waals surface area (Å²) in [4.78, 5) is 10.3. The van der Waals surface area contributed by atoms with Gasteiger partial charge in [0, 0.05) is 25.3 Å². The van der Waals surface area contributed by atoms with Gasteiger partial charge in [-0.25, -0.2) is 4.98 Å². The number of aromatic nitrogens is 2. The van der Waals surface area contributed by atoms with Crippen LogP contribution >= 0.6 is 0 Å². The third-order valence-corrected chi connectivity index (χ3v) is 2.62. The van der Waals surface area contributed by atoms with Crippen LogP contribution < -0.4 is 11.1 Å². The number of hydrogen-bond donors (Lipinski definition) is 2. The fourth-order valence-corrected chi connectivity index (χ4v) is 1.53. The lowest BCUT2D eigenvalue weighted by Crippen LogP contribution is -2.27. The van der Waals surface area contributed by atoms with Crippen molar-refractivity contribution in [3.05, 3.63) is 12.3 Å². The lowest BCUT2D eigenvalue weighted by Gasteiger charge is -2.15. The van der Waals surface area contributed by atoms with Gasteiger partial charge in [-0.05, 0) is 26.0 Å². The third-order valence-electron chi connectivity index (χ3n) is 2.62. The van der Waals surface area contributed by atoms with Crippen molar-refractivity contribution in [2.45, 2.75) is 18.9 Å². The van der Waals surface area contributed by atoms with E-state index >= 15 is 0 Å². The van der Waals surface area contributed by atoms with Crippen molar-refractivity contribution in [2.24, 2.45) is 0 Å². The van der Waals surface area contributed by atoms with E-state index in [9.17, 15) is 0 Å². The van der Waals surface area contributed by atoms with E-state index in [2.05, 4.69) is 27.2 Å². The summed E-state index contributed by atoms with van der Waals surface area (Å²) in [6, 6.07) is 2.63. The molecule has 1 heterocycles. The third kappa shape index (κ3) is 3.06. The van der Waals surface area contributed by atoms with Crippen LogP contribution in [0.4, 0.5) is 11.8 Å². The maximum atomic E-state index is 5.48. The van der Waals surface area contributed by atoms with Crippen molar-refractivity contribution in [1.82, 2.24) is 14.9 Å². The minimum absolute atomic E-state index is 0.315. The molecule has 0 atom stereocenters. The van der Waals surface area contributed by atoms with Crippen molar-refractivity contribution in [3.8, 4) is 0 Å². The van der Waals surface area contributed by atoms with Crippen LogP contribution in [0.15, 0.2) is 12.3 Å². The Morgan fingerprint density at radius 3 is 3.07 bits per heavy atom. The van der Waals surface area contributed by atoms with Gasteiger partial charge in [0.25, 0.3) is 0 Å². The van der Waals surface area contributed by atoms with Crippen molar-refractivity contribution in [3.63, 3.8) is 0 Å². The van der Waals surface area contributed by atoms with Gasteiger partial charge in [0.05, 0.1) is 0 Å². The molecule has 15 heavy (non-hydrogen) atoms. The molecule has 0 aromatic carbocycles. The zero-order valence-electron chi connectivity index (χ0n) is 8.98. The smallest absolute Gasteiger partial charge is 0.221 e. The van der Waals surface area contributed by atoms with E-state index in [0.29, 0.717) is 5.95 Å². The maximum Gasteiger partial charge on any atom is 0.221 e. The summed E-state index contributed by atoms with van der Waals surface area (Å²) in [7, 11) is 2.16. The molecular formula is C10H17N5. The molecule has 82 valence electrons. The van der Waals surface area contributed by atoms with Gasteiger partial charge in [-0.15, -0.1) is 0 Å². The van der Waals surface area contributed by atoms with Gasteiger partial charge in [-0.2, -0.15) is 4.98 Å². The Morgan fingerprint density at radius 2 is 2.40 bits per heavy atom. The SMILES string of the molecule is CN(CCNc1ccnc(N)n1)C1CC1. The summed E-state index contributed by atoms with van der Waals surface area (Å²) < 4.78 is 0. The standard InChI is InChI=1S/C10H17N5/c1-15(8-2-3-8)7-6-12-9-4-5-13-10(11)14-9/h4-5,8H,2-3,6-7H2,1H3,(H3,11,12,13,14). The van der Waals surface area contributed by atoms with Crippen LogP contribution in [0.5, 0.6) is 0 Å². The second-order valence-corrected chi connectivity index (χ2v) is 3.94. The van der Waals surface area contributed by atoms with Gasteiger partial charge in [-0.1, -0.05) is 0 Å². The number of nitrogens with zero attached hydrogens (tertiary/aromatic N) is 3. The molecule has 1 saturated carbocycles. The minimum Gasteiger partial charge on any atom is -0.369 e. The van der Waals surface area contributed by atoms with Gasteiger partial charge in [0.2, 0.25) is 5.95 Å². The fourth-order valence-electron chi connectivity index (χ4n) is 1.53. The minimum atomic E-state index is 0.315. The van der Waals surface area contributed by atoms with Crippen LogP contribution in [0.2, 0.25) is 0 Å². The van der Waals surface area contributed by atoms with E-state index in [-0.39, 0.29) is 0 Å². The summed E-state index contributed by atoms with van der Waals surface area (Å²) in [5.74, 6) is 1.11. The Hall–Kier alpha value is -1.36. The van der Waals surface area contributed by atoms with Gasteiger partial charge in [-0.3, -0.25) is 0 Å². The van der Waals surface area contributed by atoms with Crippen LogP contribution in [0.25, 0.3) is 0 Å². The van der Waals surface area contributed by atoms with E-state index in [1.54, 1.807) is 6.20 Å². The normalized spacial score (nSPS) is 15.6. The summed E-state index contributed by atoms with van der Waals surface area (Å²) in [6.07, 6.45) is 4.35. The molecule has 0 unspecified atom stereocenters. The monoisotopic (exact) mass is 207 g/mol. The highest BCUT2D eigenvalue weighted by Crippen LogP contribution is 2.24. The first kappa shape index (κ1) is 10.2. The van der Waals surface area contributed by atoms with Crippen molar-refractivity contribution >= 4 is 11.8 Å². The van der Waals surface area contributed by atoms with Crippen LogP contribution in [-0.2, 0) is 0 Å². The highest BCUT2D eigenvalue weighted by molar-refractivity contribution is 5.37. The average molecular weight is 207 g/mol. The molecule has 0 radical (unpaired) electrons. The summed E-state index contributed by atoms with van der Waals surface area (Å²) >= 11 is 0. The fraction of sp³-hybridized carbons (Fsp3) is 0.600. The van der Waals surface area contributed by atoms with Gasteiger partial charge < -0.3 is 16.0 Å². The Labute approximate surface area is 89.7 Å².